The fourth-order valence-corrected chi connectivity index (χ4v) is 1.97. The van der Waals surface area contributed by atoms with Crippen LogP contribution < -0.4 is 4.74 Å². The molecule has 2 rings (SSSR count). The molecular formula is C19H17NO3. The average Bonchev–Trinajstić information content (AvgIpc) is 2.60. The Bertz CT molecular complexity index is 712. The molecule has 1 unspecified atom stereocenters. The highest BCUT2D eigenvalue weighted by atomic mass is 16.6. The molecule has 0 saturated heterocycles. The SMILES string of the molecule is C=CC(=O)OC(C)COc1ccc(-c2ccc(C#N)cc2)cc1. The molecule has 0 aliphatic carbocycles. The Kier molecular flexibility index (Phi) is 5.54. The maximum absolute atomic E-state index is 11.1. The van der Waals surface area contributed by atoms with Crippen LogP contribution in [-0.2, 0) is 9.53 Å². The van der Waals surface area contributed by atoms with Gasteiger partial charge in [-0.25, -0.2) is 4.79 Å². The van der Waals surface area contributed by atoms with E-state index in [-0.39, 0.29) is 12.7 Å². The summed E-state index contributed by atoms with van der Waals surface area (Å²) in [5, 5.41) is 8.81. The van der Waals surface area contributed by atoms with Crippen molar-refractivity contribution in [1.29, 1.82) is 5.26 Å². The zero-order valence-corrected chi connectivity index (χ0v) is 12.9. The van der Waals surface area contributed by atoms with Gasteiger partial charge in [-0.15, -0.1) is 0 Å². The number of esters is 1. The third kappa shape index (κ3) is 4.72. The Morgan fingerprint density at radius 3 is 2.26 bits per heavy atom. The molecule has 4 heteroatoms. The van der Waals surface area contributed by atoms with E-state index in [1.807, 2.05) is 36.4 Å². The van der Waals surface area contributed by atoms with Crippen molar-refractivity contribution in [1.82, 2.24) is 0 Å². The molecule has 0 N–H and O–H groups in total. The van der Waals surface area contributed by atoms with E-state index in [2.05, 4.69) is 12.6 Å². The van der Waals surface area contributed by atoms with Crippen molar-refractivity contribution in [3.8, 4) is 22.9 Å². The Morgan fingerprint density at radius 1 is 1.17 bits per heavy atom. The van der Waals surface area contributed by atoms with Crippen molar-refractivity contribution in [2.75, 3.05) is 6.61 Å². The lowest BCUT2D eigenvalue weighted by atomic mass is 10.0. The number of carbonyl (C=O) groups is 1. The number of rotatable bonds is 6. The lowest BCUT2D eigenvalue weighted by molar-refractivity contribution is -0.143. The lowest BCUT2D eigenvalue weighted by Gasteiger charge is -2.13. The molecular weight excluding hydrogens is 290 g/mol. The molecule has 4 nitrogen and oxygen atoms in total. The van der Waals surface area contributed by atoms with Crippen molar-refractivity contribution in [3.63, 3.8) is 0 Å². The zero-order valence-electron chi connectivity index (χ0n) is 12.9. The van der Waals surface area contributed by atoms with E-state index in [1.54, 1.807) is 19.1 Å². The average molecular weight is 307 g/mol. The fraction of sp³-hybridized carbons (Fsp3) is 0.158. The van der Waals surface area contributed by atoms with Gasteiger partial charge in [-0.05, 0) is 42.3 Å². The van der Waals surface area contributed by atoms with Crippen LogP contribution in [0.4, 0.5) is 0 Å². The molecule has 0 spiro atoms. The van der Waals surface area contributed by atoms with Crippen molar-refractivity contribution >= 4 is 5.97 Å². The summed E-state index contributed by atoms with van der Waals surface area (Å²) in [4.78, 5) is 11.1. The summed E-state index contributed by atoms with van der Waals surface area (Å²) in [6, 6.07) is 17.1. The molecule has 0 fully saturated rings. The second kappa shape index (κ2) is 7.81. The Hall–Kier alpha value is -3.06. The predicted molar refractivity (Wildman–Crippen MR) is 87.8 cm³/mol. The smallest absolute Gasteiger partial charge is 0.330 e. The van der Waals surface area contributed by atoms with Gasteiger partial charge in [0, 0.05) is 6.08 Å². The van der Waals surface area contributed by atoms with E-state index in [9.17, 15) is 4.79 Å². The number of hydrogen-bond donors (Lipinski definition) is 0. The van der Waals surface area contributed by atoms with Crippen LogP contribution in [0, 0.1) is 11.3 Å². The van der Waals surface area contributed by atoms with Crippen LogP contribution in [0.3, 0.4) is 0 Å². The molecule has 116 valence electrons. The Labute approximate surface area is 135 Å². The van der Waals surface area contributed by atoms with Gasteiger partial charge in [0.25, 0.3) is 0 Å². The number of nitriles is 1. The number of benzene rings is 2. The molecule has 1 atom stereocenters. The summed E-state index contributed by atoms with van der Waals surface area (Å²) in [5.41, 5.74) is 2.70. The summed E-state index contributed by atoms with van der Waals surface area (Å²) in [6.45, 7) is 5.38. The molecule has 2 aromatic carbocycles. The number of nitrogens with zero attached hydrogens (tertiary/aromatic N) is 1. The van der Waals surface area contributed by atoms with Crippen LogP contribution in [0.1, 0.15) is 12.5 Å². The van der Waals surface area contributed by atoms with Gasteiger partial charge >= 0.3 is 5.97 Å². The standard InChI is InChI=1S/C19H17NO3/c1-3-19(21)23-14(2)13-22-18-10-8-17(9-11-18)16-6-4-15(12-20)5-7-16/h3-11,14H,1,13H2,2H3. The van der Waals surface area contributed by atoms with Crippen LogP contribution in [0.5, 0.6) is 5.75 Å². The Morgan fingerprint density at radius 2 is 1.74 bits per heavy atom. The highest BCUT2D eigenvalue weighted by molar-refractivity contribution is 5.81. The highest BCUT2D eigenvalue weighted by Gasteiger charge is 2.07. The zero-order chi connectivity index (χ0) is 16.7. The third-order valence-electron chi connectivity index (χ3n) is 3.17. The quantitative estimate of drug-likeness (QED) is 0.603. The highest BCUT2D eigenvalue weighted by Crippen LogP contribution is 2.22. The van der Waals surface area contributed by atoms with Gasteiger partial charge < -0.3 is 9.47 Å². The van der Waals surface area contributed by atoms with Gasteiger partial charge in [-0.3, -0.25) is 0 Å². The fourth-order valence-electron chi connectivity index (χ4n) is 1.97. The van der Waals surface area contributed by atoms with Crippen LogP contribution >= 0.6 is 0 Å². The van der Waals surface area contributed by atoms with Gasteiger partial charge in [0.2, 0.25) is 0 Å². The molecule has 0 saturated carbocycles. The second-order valence-electron chi connectivity index (χ2n) is 4.98. The van der Waals surface area contributed by atoms with Crippen molar-refractivity contribution < 1.29 is 14.3 Å². The summed E-state index contributed by atoms with van der Waals surface area (Å²) in [6.07, 6.45) is 0.779. The third-order valence-corrected chi connectivity index (χ3v) is 3.17. The summed E-state index contributed by atoms with van der Waals surface area (Å²) in [7, 11) is 0. The van der Waals surface area contributed by atoms with Crippen molar-refractivity contribution in [2.24, 2.45) is 0 Å². The molecule has 0 bridgehead atoms. The first kappa shape index (κ1) is 16.3. The minimum absolute atomic E-state index is 0.274. The largest absolute Gasteiger partial charge is 0.490 e. The molecule has 0 aromatic heterocycles. The predicted octanol–water partition coefficient (Wildman–Crippen LogP) is 3.72. The molecule has 0 aliphatic heterocycles. The minimum Gasteiger partial charge on any atom is -0.490 e. The molecule has 0 aliphatic rings. The van der Waals surface area contributed by atoms with Gasteiger partial charge in [-0.2, -0.15) is 5.26 Å². The minimum atomic E-state index is -0.461. The van der Waals surface area contributed by atoms with Crippen molar-refractivity contribution in [3.05, 3.63) is 66.7 Å². The number of ether oxygens (including phenoxy) is 2. The molecule has 23 heavy (non-hydrogen) atoms. The van der Waals surface area contributed by atoms with Gasteiger partial charge in [-0.1, -0.05) is 30.8 Å². The summed E-state index contributed by atoms with van der Waals surface area (Å²) < 4.78 is 10.6. The van der Waals surface area contributed by atoms with Gasteiger partial charge in [0.1, 0.15) is 18.5 Å². The number of carbonyl (C=O) groups excluding carboxylic acids is 1. The van der Waals surface area contributed by atoms with E-state index in [0.717, 1.165) is 17.2 Å². The maximum Gasteiger partial charge on any atom is 0.330 e. The van der Waals surface area contributed by atoms with Gasteiger partial charge in [0.05, 0.1) is 11.6 Å². The van der Waals surface area contributed by atoms with E-state index >= 15 is 0 Å². The van der Waals surface area contributed by atoms with Crippen LogP contribution in [0.15, 0.2) is 61.2 Å². The van der Waals surface area contributed by atoms with E-state index in [1.165, 1.54) is 0 Å². The van der Waals surface area contributed by atoms with Crippen LogP contribution in [-0.4, -0.2) is 18.7 Å². The topological polar surface area (TPSA) is 59.3 Å². The second-order valence-corrected chi connectivity index (χ2v) is 4.98. The first-order chi connectivity index (χ1) is 11.1. The van der Waals surface area contributed by atoms with E-state index in [4.69, 9.17) is 14.7 Å². The number of hydrogen-bond acceptors (Lipinski definition) is 4. The molecule has 2 aromatic rings. The summed E-state index contributed by atoms with van der Waals surface area (Å²) >= 11 is 0. The van der Waals surface area contributed by atoms with Crippen molar-refractivity contribution in [2.45, 2.75) is 13.0 Å². The lowest BCUT2D eigenvalue weighted by Crippen LogP contribution is -2.20. The Balaban J connectivity index is 1.95. The van der Waals surface area contributed by atoms with Gasteiger partial charge in [0.15, 0.2) is 0 Å². The normalized spacial score (nSPS) is 11.1. The monoisotopic (exact) mass is 307 g/mol. The van der Waals surface area contributed by atoms with E-state index < -0.39 is 5.97 Å². The van der Waals surface area contributed by atoms with E-state index in [0.29, 0.717) is 11.3 Å². The maximum atomic E-state index is 11.1. The van der Waals surface area contributed by atoms with Crippen LogP contribution in [0.25, 0.3) is 11.1 Å². The molecule has 0 amide bonds. The molecule has 0 heterocycles. The molecule has 0 radical (unpaired) electrons. The summed E-state index contributed by atoms with van der Waals surface area (Å²) in [5.74, 6) is 0.237. The first-order valence-electron chi connectivity index (χ1n) is 7.19. The first-order valence-corrected chi connectivity index (χ1v) is 7.19. The van der Waals surface area contributed by atoms with Crippen LogP contribution in [0.2, 0.25) is 0 Å².